The monoisotopic (exact) mass is 298 g/mol. The number of hydrogen-bond donors (Lipinski definition) is 2. The van der Waals surface area contributed by atoms with Crippen molar-refractivity contribution in [2.75, 3.05) is 0 Å². The van der Waals surface area contributed by atoms with E-state index in [-0.39, 0.29) is 0 Å². The molecular weight excluding hydrogens is 276 g/mol. The van der Waals surface area contributed by atoms with E-state index in [4.69, 9.17) is 20.4 Å². The molecule has 0 atom stereocenters. The van der Waals surface area contributed by atoms with Gasteiger partial charge in [0.1, 0.15) is 0 Å². The van der Waals surface area contributed by atoms with E-state index >= 15 is 0 Å². The van der Waals surface area contributed by atoms with E-state index in [9.17, 15) is 0 Å². The van der Waals surface area contributed by atoms with Gasteiger partial charge < -0.3 is 0 Å². The Bertz CT molecular complexity index is 520. The lowest BCUT2D eigenvalue weighted by atomic mass is 10.2. The first-order valence-corrected chi connectivity index (χ1v) is 6.55. The average molecular weight is 298 g/mol. The molecule has 0 aliphatic rings. The van der Waals surface area contributed by atoms with Crippen molar-refractivity contribution in [3.63, 3.8) is 0 Å². The second-order valence-corrected chi connectivity index (χ2v) is 4.52. The van der Waals surface area contributed by atoms with Crippen molar-refractivity contribution in [3.05, 3.63) is 70.8 Å². The number of carbonyl (C=O) groups excluding carboxylic acids is 2. The third-order valence-corrected chi connectivity index (χ3v) is 2.35. The highest BCUT2D eigenvalue weighted by Crippen LogP contribution is 2.00. The van der Waals surface area contributed by atoms with Gasteiger partial charge in [0.25, 0.3) is 0 Å². The van der Waals surface area contributed by atoms with Gasteiger partial charge >= 0.3 is 0 Å². The first-order valence-electron chi connectivity index (χ1n) is 6.55. The summed E-state index contributed by atoms with van der Waals surface area (Å²) in [4.78, 5) is 16.7. The van der Waals surface area contributed by atoms with E-state index in [1.165, 1.54) is 22.3 Å². The molecule has 0 aliphatic heterocycles. The molecule has 2 N–H and O–H groups in total. The van der Waals surface area contributed by atoms with Crippen molar-refractivity contribution in [1.82, 2.24) is 0 Å². The molecule has 0 radical (unpaired) electrons. The summed E-state index contributed by atoms with van der Waals surface area (Å²) in [7, 11) is 0. The predicted octanol–water partition coefficient (Wildman–Crippen LogP) is 4.41. The Morgan fingerprint density at radius 2 is 0.818 bits per heavy atom. The lowest BCUT2D eigenvalue weighted by molar-refractivity contribution is 0.562. The molecule has 0 amide bonds. The van der Waals surface area contributed by atoms with Gasteiger partial charge in [-0.15, -0.1) is 0 Å². The quantitative estimate of drug-likeness (QED) is 0.558. The summed E-state index contributed by atoms with van der Waals surface area (Å²) >= 11 is 0. The number of hydrogen-bond acceptors (Lipinski definition) is 4. The molecule has 0 saturated heterocycles. The van der Waals surface area contributed by atoms with Crippen molar-refractivity contribution in [1.29, 1.82) is 10.8 Å². The summed E-state index contributed by atoms with van der Waals surface area (Å²) in [5.74, 6) is 0. The second kappa shape index (κ2) is 14.6. The third kappa shape index (κ3) is 15.3. The Hall–Kier alpha value is -2.80. The van der Waals surface area contributed by atoms with E-state index in [0.717, 1.165) is 12.2 Å². The van der Waals surface area contributed by atoms with Crippen molar-refractivity contribution in [2.24, 2.45) is 0 Å². The van der Waals surface area contributed by atoms with Gasteiger partial charge in [0.2, 0.25) is 12.2 Å². The van der Waals surface area contributed by atoms with Crippen molar-refractivity contribution >= 4 is 12.2 Å². The Balaban J connectivity index is 0. The maximum Gasteiger partial charge on any atom is 0.231 e. The van der Waals surface area contributed by atoms with E-state index < -0.39 is 0 Å². The molecule has 2 aromatic carbocycles. The lowest BCUT2D eigenvalue weighted by Crippen LogP contribution is -1.71. The molecule has 0 fully saturated rings. The first kappa shape index (κ1) is 21.5. The van der Waals surface area contributed by atoms with Crippen molar-refractivity contribution < 1.29 is 9.59 Å². The largest absolute Gasteiger partial charge is 0.231 e. The zero-order valence-electron chi connectivity index (χ0n) is 13.4. The Kier molecular flexibility index (Phi) is 14.3. The van der Waals surface area contributed by atoms with Crippen LogP contribution in [0.1, 0.15) is 22.3 Å². The molecule has 0 unspecified atom stereocenters. The standard InChI is InChI=1S/2C8H10.2CHNO/c2*1-7-4-3-5-8(2)6-7;2*2-1-3/h2*3-6H,1-2H3;2*2H. The van der Waals surface area contributed by atoms with Crippen LogP contribution in [-0.4, -0.2) is 12.2 Å². The fourth-order valence-electron chi connectivity index (χ4n) is 1.61. The van der Waals surface area contributed by atoms with Gasteiger partial charge in [0, 0.05) is 0 Å². The lowest BCUT2D eigenvalue weighted by Gasteiger charge is -1.90. The maximum absolute atomic E-state index is 8.35. The van der Waals surface area contributed by atoms with Gasteiger partial charge in [0.15, 0.2) is 0 Å². The molecule has 116 valence electrons. The van der Waals surface area contributed by atoms with Crippen molar-refractivity contribution in [3.8, 4) is 0 Å². The summed E-state index contributed by atoms with van der Waals surface area (Å²) in [5.41, 5.74) is 5.35. The molecule has 0 heterocycles. The van der Waals surface area contributed by atoms with Crippen LogP contribution in [0, 0.1) is 38.5 Å². The van der Waals surface area contributed by atoms with Crippen LogP contribution in [0.4, 0.5) is 0 Å². The van der Waals surface area contributed by atoms with Crippen LogP contribution < -0.4 is 0 Å². The van der Waals surface area contributed by atoms with Crippen LogP contribution >= 0.6 is 0 Å². The van der Waals surface area contributed by atoms with Gasteiger partial charge in [-0.1, -0.05) is 70.8 Å². The molecule has 22 heavy (non-hydrogen) atoms. The molecule has 4 heteroatoms. The number of rotatable bonds is 0. The van der Waals surface area contributed by atoms with Crippen LogP contribution in [0.2, 0.25) is 0 Å². The van der Waals surface area contributed by atoms with Gasteiger partial charge in [-0.25, -0.2) is 20.4 Å². The van der Waals surface area contributed by atoms with Crippen LogP contribution in [0.3, 0.4) is 0 Å². The average Bonchev–Trinajstić information content (AvgIpc) is 2.40. The minimum atomic E-state index is 0.750. The van der Waals surface area contributed by atoms with Crippen LogP contribution in [0.15, 0.2) is 48.5 Å². The van der Waals surface area contributed by atoms with E-state index in [0.29, 0.717) is 0 Å². The highest BCUT2D eigenvalue weighted by molar-refractivity contribution is 5.26. The normalized spacial score (nSPS) is 7.45. The van der Waals surface area contributed by atoms with Gasteiger partial charge in [-0.2, -0.15) is 0 Å². The Morgan fingerprint density at radius 3 is 0.909 bits per heavy atom. The third-order valence-electron chi connectivity index (χ3n) is 2.35. The molecular formula is C18H22N2O2. The predicted molar refractivity (Wildman–Crippen MR) is 88.7 cm³/mol. The summed E-state index contributed by atoms with van der Waals surface area (Å²) in [6, 6.07) is 16.9. The Morgan fingerprint density at radius 1 is 0.636 bits per heavy atom. The number of aryl methyl sites for hydroxylation is 4. The molecule has 0 aromatic heterocycles. The number of benzene rings is 2. The maximum atomic E-state index is 8.35. The topological polar surface area (TPSA) is 81.8 Å². The second-order valence-electron chi connectivity index (χ2n) is 4.52. The molecule has 0 saturated carbocycles. The fourth-order valence-corrected chi connectivity index (χ4v) is 1.61. The zero-order valence-corrected chi connectivity index (χ0v) is 13.4. The van der Waals surface area contributed by atoms with Crippen molar-refractivity contribution in [2.45, 2.75) is 27.7 Å². The summed E-state index contributed by atoms with van der Waals surface area (Å²) < 4.78 is 0. The summed E-state index contributed by atoms with van der Waals surface area (Å²) in [6.45, 7) is 8.42. The van der Waals surface area contributed by atoms with Gasteiger partial charge in [-0.3, -0.25) is 0 Å². The molecule has 4 nitrogen and oxygen atoms in total. The van der Waals surface area contributed by atoms with E-state index in [1.807, 2.05) is 0 Å². The number of isocyanates is 2. The minimum absolute atomic E-state index is 0.750. The fraction of sp³-hybridized carbons (Fsp3) is 0.222. The highest BCUT2D eigenvalue weighted by Gasteiger charge is 1.81. The summed E-state index contributed by atoms with van der Waals surface area (Å²) in [5, 5.41) is 10.8. The first-order chi connectivity index (χ1) is 10.4. The Labute approximate surface area is 131 Å². The smallest absolute Gasteiger partial charge is 0.222 e. The summed E-state index contributed by atoms with van der Waals surface area (Å²) in [6.07, 6.45) is 1.50. The van der Waals surface area contributed by atoms with Crippen LogP contribution in [-0.2, 0) is 9.59 Å². The minimum Gasteiger partial charge on any atom is -0.222 e. The van der Waals surface area contributed by atoms with Gasteiger partial charge in [-0.05, 0) is 27.7 Å². The zero-order chi connectivity index (χ0) is 17.4. The molecule has 2 aromatic rings. The van der Waals surface area contributed by atoms with E-state index in [1.54, 1.807) is 0 Å². The molecule has 2 rings (SSSR count). The number of nitrogens with one attached hydrogen (secondary N) is 2. The van der Waals surface area contributed by atoms with Crippen LogP contribution in [0.25, 0.3) is 0 Å². The molecule has 0 bridgehead atoms. The SMILES string of the molecule is Cc1cccc(C)c1.Cc1cccc(C)c1.N=C=O.N=C=O. The van der Waals surface area contributed by atoms with Gasteiger partial charge in [0.05, 0.1) is 0 Å². The molecule has 0 aliphatic carbocycles. The van der Waals surface area contributed by atoms with E-state index in [2.05, 4.69) is 76.2 Å². The molecule has 0 spiro atoms. The van der Waals surface area contributed by atoms with Crippen LogP contribution in [0.5, 0.6) is 0 Å². The highest BCUT2D eigenvalue weighted by atomic mass is 16.1.